The van der Waals surface area contributed by atoms with Gasteiger partial charge < -0.3 is 25.4 Å². The van der Waals surface area contributed by atoms with E-state index in [1.807, 2.05) is 12.1 Å². The van der Waals surface area contributed by atoms with Gasteiger partial charge in [-0.1, -0.05) is 55.3 Å². The third-order valence-electron chi connectivity index (χ3n) is 7.59. The van der Waals surface area contributed by atoms with Crippen LogP contribution in [0, 0.1) is 0 Å². The number of hydrogen-bond donors (Lipinski definition) is 4. The lowest BCUT2D eigenvalue weighted by molar-refractivity contribution is 0.117. The summed E-state index contributed by atoms with van der Waals surface area (Å²) in [6.07, 6.45) is 7.73. The highest BCUT2D eigenvalue weighted by atomic mass is 32.2. The number of phenols is 1. The van der Waals surface area contributed by atoms with Gasteiger partial charge in [-0.3, -0.25) is 4.21 Å². The fraction of sp³-hybridized carbons (Fsp3) is 0.455. The molecule has 0 bridgehead atoms. The molecule has 1 aliphatic rings. The van der Waals surface area contributed by atoms with Crippen LogP contribution in [0.25, 0.3) is 0 Å². The Morgan fingerprint density at radius 2 is 1.68 bits per heavy atom. The first kappa shape index (κ1) is 30.4. The van der Waals surface area contributed by atoms with Crippen LogP contribution in [0.3, 0.4) is 0 Å². The minimum absolute atomic E-state index is 0.0326. The van der Waals surface area contributed by atoms with E-state index in [0.29, 0.717) is 36.1 Å². The van der Waals surface area contributed by atoms with Crippen molar-refractivity contribution in [3.63, 3.8) is 0 Å². The third-order valence-corrected chi connectivity index (χ3v) is 9.38. The molecule has 4 N–H and O–H groups in total. The molecule has 0 saturated heterocycles. The van der Waals surface area contributed by atoms with E-state index < -0.39 is 16.9 Å². The summed E-state index contributed by atoms with van der Waals surface area (Å²) >= 11 is 0. The molecule has 7 heteroatoms. The van der Waals surface area contributed by atoms with Crippen LogP contribution in [-0.2, 0) is 41.6 Å². The maximum absolute atomic E-state index is 12.8. The first-order valence-corrected chi connectivity index (χ1v) is 15.7. The molecule has 0 aromatic heterocycles. The lowest BCUT2D eigenvalue weighted by Crippen LogP contribution is -2.23. The Hall–Kier alpha value is -2.55. The Labute approximate surface area is 240 Å². The molecular weight excluding hydrogens is 522 g/mol. The molecule has 0 spiro atoms. The van der Waals surface area contributed by atoms with E-state index in [1.165, 1.54) is 30.0 Å². The van der Waals surface area contributed by atoms with Crippen molar-refractivity contribution < 1.29 is 24.3 Å². The number of aryl methyl sites for hydroxylation is 1. The van der Waals surface area contributed by atoms with Gasteiger partial charge in [0.05, 0.1) is 30.1 Å². The van der Waals surface area contributed by atoms with Crippen LogP contribution >= 0.6 is 0 Å². The average molecular weight is 566 g/mol. The van der Waals surface area contributed by atoms with E-state index in [4.69, 9.17) is 4.74 Å². The van der Waals surface area contributed by atoms with Gasteiger partial charge >= 0.3 is 0 Å². The standard InChI is InChI=1S/C33H43NO5S/c35-23-29-21-28(14-15-32(29)36)33(37)22-34-17-16-26-8-5-10-27(19-26)24-39-18-4-3-7-25-9-6-13-31(20-25)40(38)30-11-1-2-12-30/h5-6,8-10,13-15,19-21,30,33-37H,1-4,7,11-12,16-18,22-24H2/t33-,40?/m0/s1. The van der Waals surface area contributed by atoms with Crippen molar-refractivity contribution in [3.8, 4) is 5.75 Å². The van der Waals surface area contributed by atoms with Crippen LogP contribution in [0.1, 0.15) is 72.4 Å². The molecule has 3 aromatic carbocycles. The lowest BCUT2D eigenvalue weighted by Gasteiger charge is -2.14. The zero-order valence-corrected chi connectivity index (χ0v) is 24.1. The molecule has 2 atom stereocenters. The van der Waals surface area contributed by atoms with Crippen LogP contribution in [0.2, 0.25) is 0 Å². The summed E-state index contributed by atoms with van der Waals surface area (Å²) in [5.74, 6) is 0.0326. The van der Waals surface area contributed by atoms with Gasteiger partial charge in [0.2, 0.25) is 0 Å². The summed E-state index contributed by atoms with van der Waals surface area (Å²) in [4.78, 5) is 0.987. The second-order valence-electron chi connectivity index (χ2n) is 10.7. The molecule has 1 unspecified atom stereocenters. The Kier molecular flexibility index (Phi) is 12.2. The fourth-order valence-electron chi connectivity index (χ4n) is 5.25. The minimum Gasteiger partial charge on any atom is -0.508 e. The Balaban J connectivity index is 1.11. The highest BCUT2D eigenvalue weighted by Gasteiger charge is 2.22. The van der Waals surface area contributed by atoms with E-state index in [-0.39, 0.29) is 12.4 Å². The molecule has 6 nitrogen and oxygen atoms in total. The van der Waals surface area contributed by atoms with Crippen LogP contribution in [0.4, 0.5) is 0 Å². The zero-order valence-electron chi connectivity index (χ0n) is 23.3. The SMILES string of the molecule is O=S(c1cccc(CCCCOCc2cccc(CCNC[C@H](O)c3ccc(O)c(CO)c3)c2)c1)C1CCCC1. The maximum atomic E-state index is 12.8. The number of aromatic hydroxyl groups is 1. The number of unbranched alkanes of at least 4 members (excludes halogenated alkanes) is 1. The second kappa shape index (κ2) is 16.0. The predicted molar refractivity (Wildman–Crippen MR) is 160 cm³/mol. The van der Waals surface area contributed by atoms with Crippen molar-refractivity contribution >= 4 is 10.8 Å². The summed E-state index contributed by atoms with van der Waals surface area (Å²) in [5.41, 5.74) is 4.70. The normalized spacial score (nSPS) is 15.3. The van der Waals surface area contributed by atoms with Crippen LogP contribution < -0.4 is 5.32 Å². The van der Waals surface area contributed by atoms with E-state index in [1.54, 1.807) is 12.1 Å². The summed E-state index contributed by atoms with van der Waals surface area (Å²) in [6, 6.07) is 21.5. The highest BCUT2D eigenvalue weighted by Crippen LogP contribution is 2.27. The first-order valence-electron chi connectivity index (χ1n) is 14.5. The number of nitrogens with one attached hydrogen (secondary N) is 1. The quantitative estimate of drug-likeness (QED) is 0.175. The summed E-state index contributed by atoms with van der Waals surface area (Å²) in [6.45, 7) is 2.15. The van der Waals surface area contributed by atoms with Crippen LogP contribution in [-0.4, -0.2) is 44.5 Å². The lowest BCUT2D eigenvalue weighted by atomic mass is 10.0. The largest absolute Gasteiger partial charge is 0.508 e. The van der Waals surface area contributed by atoms with Crippen molar-refractivity contribution in [1.29, 1.82) is 0 Å². The van der Waals surface area contributed by atoms with Gasteiger partial charge in [-0.15, -0.1) is 0 Å². The van der Waals surface area contributed by atoms with Gasteiger partial charge in [0, 0.05) is 28.9 Å². The molecule has 0 radical (unpaired) electrons. The van der Waals surface area contributed by atoms with E-state index in [9.17, 15) is 19.5 Å². The average Bonchev–Trinajstić information content (AvgIpc) is 3.52. The van der Waals surface area contributed by atoms with Gasteiger partial charge in [-0.2, -0.15) is 0 Å². The minimum atomic E-state index is -0.873. The van der Waals surface area contributed by atoms with Gasteiger partial charge in [-0.05, 0) is 91.6 Å². The Morgan fingerprint density at radius 3 is 2.48 bits per heavy atom. The molecular formula is C33H43NO5S. The van der Waals surface area contributed by atoms with Gasteiger partial charge in [0.25, 0.3) is 0 Å². The zero-order chi connectivity index (χ0) is 28.2. The molecule has 216 valence electrons. The van der Waals surface area contributed by atoms with Crippen molar-refractivity contribution in [1.82, 2.24) is 5.32 Å². The molecule has 40 heavy (non-hydrogen) atoms. The number of aliphatic hydroxyl groups is 2. The van der Waals surface area contributed by atoms with Crippen molar-refractivity contribution in [2.45, 2.75) is 80.8 Å². The molecule has 1 aliphatic carbocycles. The van der Waals surface area contributed by atoms with Gasteiger partial charge in [0.1, 0.15) is 5.75 Å². The highest BCUT2D eigenvalue weighted by molar-refractivity contribution is 7.85. The van der Waals surface area contributed by atoms with Crippen LogP contribution in [0.5, 0.6) is 5.75 Å². The van der Waals surface area contributed by atoms with Crippen molar-refractivity contribution in [2.75, 3.05) is 19.7 Å². The number of rotatable bonds is 16. The van der Waals surface area contributed by atoms with E-state index >= 15 is 0 Å². The summed E-state index contributed by atoms with van der Waals surface area (Å²) in [7, 11) is -0.873. The van der Waals surface area contributed by atoms with Crippen LogP contribution in [0.15, 0.2) is 71.6 Å². The van der Waals surface area contributed by atoms with Crippen molar-refractivity contribution in [3.05, 3.63) is 94.5 Å². The summed E-state index contributed by atoms with van der Waals surface area (Å²) < 4.78 is 18.8. The molecule has 1 saturated carbocycles. The number of aliphatic hydroxyl groups excluding tert-OH is 2. The maximum Gasteiger partial charge on any atom is 0.121 e. The first-order chi connectivity index (χ1) is 19.5. The van der Waals surface area contributed by atoms with Crippen molar-refractivity contribution in [2.24, 2.45) is 0 Å². The molecule has 0 aliphatic heterocycles. The second-order valence-corrected chi connectivity index (χ2v) is 12.4. The number of benzene rings is 3. The summed E-state index contributed by atoms with van der Waals surface area (Å²) in [5, 5.41) is 33.0. The third kappa shape index (κ3) is 9.25. The molecule has 3 aromatic rings. The smallest absolute Gasteiger partial charge is 0.121 e. The number of hydrogen-bond acceptors (Lipinski definition) is 6. The molecule has 0 amide bonds. The molecule has 0 heterocycles. The number of ether oxygens (including phenoxy) is 1. The van der Waals surface area contributed by atoms with Gasteiger partial charge in [-0.25, -0.2) is 0 Å². The fourth-order valence-corrected chi connectivity index (χ4v) is 6.87. The van der Waals surface area contributed by atoms with Gasteiger partial charge in [0.15, 0.2) is 0 Å². The Bertz CT molecular complexity index is 1230. The van der Waals surface area contributed by atoms with E-state index in [0.717, 1.165) is 55.5 Å². The molecule has 4 rings (SSSR count). The monoisotopic (exact) mass is 565 g/mol. The van der Waals surface area contributed by atoms with E-state index in [2.05, 4.69) is 41.7 Å². The topological polar surface area (TPSA) is 99.0 Å². The Morgan fingerprint density at radius 1 is 0.925 bits per heavy atom. The predicted octanol–water partition coefficient (Wildman–Crippen LogP) is 5.34. The molecule has 1 fully saturated rings.